The van der Waals surface area contributed by atoms with Crippen molar-refractivity contribution in [1.29, 1.82) is 0 Å². The number of thiazole rings is 1. The first kappa shape index (κ1) is 14.2. The number of carbonyl (C=O) groups is 1. The molecular formula is C16H19N3OS. The van der Waals surface area contributed by atoms with Gasteiger partial charge in [-0.1, -0.05) is 24.3 Å². The Morgan fingerprint density at radius 1 is 1.43 bits per heavy atom. The summed E-state index contributed by atoms with van der Waals surface area (Å²) in [6, 6.07) is 8.16. The van der Waals surface area contributed by atoms with Gasteiger partial charge in [-0.25, -0.2) is 4.98 Å². The second-order valence-electron chi connectivity index (χ2n) is 5.33. The SMILES string of the molecule is Cc1csc(CCNC(=O)C2Cc3ccccc3CN2)n1. The lowest BCUT2D eigenvalue weighted by Crippen LogP contribution is -2.48. The summed E-state index contributed by atoms with van der Waals surface area (Å²) >= 11 is 1.65. The van der Waals surface area contributed by atoms with Crippen molar-refractivity contribution in [2.75, 3.05) is 6.54 Å². The van der Waals surface area contributed by atoms with Gasteiger partial charge < -0.3 is 10.6 Å². The highest BCUT2D eigenvalue weighted by Crippen LogP contribution is 2.16. The number of aromatic nitrogens is 1. The topological polar surface area (TPSA) is 54.0 Å². The van der Waals surface area contributed by atoms with Crippen LogP contribution in [0.3, 0.4) is 0 Å². The van der Waals surface area contributed by atoms with E-state index >= 15 is 0 Å². The van der Waals surface area contributed by atoms with E-state index in [1.165, 1.54) is 11.1 Å². The standard InChI is InChI=1S/C16H19N3OS/c1-11-10-21-15(19-11)6-7-17-16(20)14-8-12-4-2-3-5-13(12)9-18-14/h2-5,10,14,18H,6-9H2,1H3,(H,17,20). The maximum Gasteiger partial charge on any atom is 0.237 e. The molecule has 0 saturated heterocycles. The predicted molar refractivity (Wildman–Crippen MR) is 84.3 cm³/mol. The van der Waals surface area contributed by atoms with Gasteiger partial charge in [0.1, 0.15) is 0 Å². The molecule has 0 aliphatic carbocycles. The number of fused-ring (bicyclic) bond motifs is 1. The Kier molecular flexibility index (Phi) is 4.31. The van der Waals surface area contributed by atoms with Crippen molar-refractivity contribution in [3.8, 4) is 0 Å². The average molecular weight is 301 g/mol. The van der Waals surface area contributed by atoms with Crippen LogP contribution in [-0.2, 0) is 24.2 Å². The molecule has 1 aliphatic heterocycles. The lowest BCUT2D eigenvalue weighted by atomic mass is 9.95. The maximum absolute atomic E-state index is 12.2. The first-order chi connectivity index (χ1) is 10.2. The zero-order valence-corrected chi connectivity index (χ0v) is 12.9. The van der Waals surface area contributed by atoms with Gasteiger partial charge in [0.15, 0.2) is 0 Å². The van der Waals surface area contributed by atoms with E-state index in [0.29, 0.717) is 6.54 Å². The monoisotopic (exact) mass is 301 g/mol. The summed E-state index contributed by atoms with van der Waals surface area (Å²) in [6.45, 7) is 3.40. The molecule has 0 bridgehead atoms. The Morgan fingerprint density at radius 2 is 2.24 bits per heavy atom. The Balaban J connectivity index is 1.50. The minimum absolute atomic E-state index is 0.0813. The van der Waals surface area contributed by atoms with Gasteiger partial charge in [0.25, 0.3) is 0 Å². The molecule has 2 aromatic rings. The average Bonchev–Trinajstić information content (AvgIpc) is 2.92. The van der Waals surface area contributed by atoms with Crippen LogP contribution in [0.1, 0.15) is 21.8 Å². The third-order valence-corrected chi connectivity index (χ3v) is 4.73. The number of nitrogens with zero attached hydrogens (tertiary/aromatic N) is 1. The highest BCUT2D eigenvalue weighted by Gasteiger charge is 2.23. The molecule has 1 unspecified atom stereocenters. The van der Waals surface area contributed by atoms with Crippen molar-refractivity contribution in [1.82, 2.24) is 15.6 Å². The van der Waals surface area contributed by atoms with Gasteiger partial charge in [-0.2, -0.15) is 0 Å². The minimum Gasteiger partial charge on any atom is -0.354 e. The summed E-state index contributed by atoms with van der Waals surface area (Å²) in [5.41, 5.74) is 3.61. The number of rotatable bonds is 4. The molecule has 0 saturated carbocycles. The van der Waals surface area contributed by atoms with Crippen LogP contribution in [0, 0.1) is 6.92 Å². The van der Waals surface area contributed by atoms with E-state index < -0.39 is 0 Å². The molecule has 1 aromatic heterocycles. The summed E-state index contributed by atoms with van der Waals surface area (Å²) in [4.78, 5) is 16.6. The van der Waals surface area contributed by atoms with Gasteiger partial charge >= 0.3 is 0 Å². The third kappa shape index (κ3) is 3.49. The summed E-state index contributed by atoms with van der Waals surface area (Å²) < 4.78 is 0. The van der Waals surface area contributed by atoms with Gasteiger partial charge in [0.2, 0.25) is 5.91 Å². The molecule has 0 spiro atoms. The zero-order valence-electron chi connectivity index (χ0n) is 12.1. The third-order valence-electron chi connectivity index (χ3n) is 3.70. The Bertz CT molecular complexity index is 638. The van der Waals surface area contributed by atoms with Crippen molar-refractivity contribution in [2.45, 2.75) is 32.4 Å². The summed E-state index contributed by atoms with van der Waals surface area (Å²) in [5, 5.41) is 9.43. The number of hydrogen-bond donors (Lipinski definition) is 2. The second kappa shape index (κ2) is 6.37. The van der Waals surface area contributed by atoms with Crippen LogP contribution < -0.4 is 10.6 Å². The molecule has 0 fully saturated rings. The fourth-order valence-electron chi connectivity index (χ4n) is 2.57. The van der Waals surface area contributed by atoms with Crippen LogP contribution in [0.15, 0.2) is 29.6 Å². The first-order valence-corrected chi connectivity index (χ1v) is 8.09. The number of aryl methyl sites for hydroxylation is 1. The van der Waals surface area contributed by atoms with E-state index in [1.54, 1.807) is 11.3 Å². The lowest BCUT2D eigenvalue weighted by molar-refractivity contribution is -0.123. The van der Waals surface area contributed by atoms with E-state index in [0.717, 1.165) is 30.1 Å². The predicted octanol–water partition coefficient (Wildman–Crippen LogP) is 1.82. The first-order valence-electron chi connectivity index (χ1n) is 7.21. The quantitative estimate of drug-likeness (QED) is 0.906. The van der Waals surface area contributed by atoms with Gasteiger partial charge in [-0.3, -0.25) is 4.79 Å². The molecule has 2 N–H and O–H groups in total. The Labute approximate surface area is 128 Å². The maximum atomic E-state index is 12.2. The summed E-state index contributed by atoms with van der Waals surface area (Å²) in [7, 11) is 0. The van der Waals surface area contributed by atoms with Gasteiger partial charge in [0, 0.05) is 30.6 Å². The molecule has 1 aromatic carbocycles. The molecule has 5 heteroatoms. The highest BCUT2D eigenvalue weighted by molar-refractivity contribution is 7.09. The van der Waals surface area contributed by atoms with Crippen molar-refractivity contribution in [3.05, 3.63) is 51.5 Å². The molecule has 110 valence electrons. The van der Waals surface area contributed by atoms with Crippen LogP contribution in [0.2, 0.25) is 0 Å². The van der Waals surface area contributed by atoms with E-state index in [-0.39, 0.29) is 11.9 Å². The Morgan fingerprint density at radius 3 is 3.00 bits per heavy atom. The van der Waals surface area contributed by atoms with Crippen molar-refractivity contribution < 1.29 is 4.79 Å². The van der Waals surface area contributed by atoms with E-state index in [9.17, 15) is 4.79 Å². The van der Waals surface area contributed by atoms with Gasteiger partial charge in [-0.05, 0) is 24.5 Å². The number of nitrogens with one attached hydrogen (secondary N) is 2. The van der Waals surface area contributed by atoms with Crippen LogP contribution in [0.5, 0.6) is 0 Å². The van der Waals surface area contributed by atoms with Gasteiger partial charge in [0.05, 0.1) is 11.0 Å². The summed E-state index contributed by atoms with van der Waals surface area (Å²) in [5.74, 6) is 0.0813. The van der Waals surface area contributed by atoms with Gasteiger partial charge in [-0.15, -0.1) is 11.3 Å². The van der Waals surface area contributed by atoms with Crippen LogP contribution in [0.25, 0.3) is 0 Å². The van der Waals surface area contributed by atoms with Crippen molar-refractivity contribution >= 4 is 17.2 Å². The molecule has 0 radical (unpaired) electrons. The number of hydrogen-bond acceptors (Lipinski definition) is 4. The highest BCUT2D eigenvalue weighted by atomic mass is 32.1. The number of benzene rings is 1. The number of amides is 1. The van der Waals surface area contributed by atoms with Crippen molar-refractivity contribution in [3.63, 3.8) is 0 Å². The smallest absolute Gasteiger partial charge is 0.237 e. The zero-order chi connectivity index (χ0) is 14.7. The van der Waals surface area contributed by atoms with Crippen LogP contribution in [-0.4, -0.2) is 23.5 Å². The largest absolute Gasteiger partial charge is 0.354 e. The molecule has 4 nitrogen and oxygen atoms in total. The van der Waals surface area contributed by atoms with E-state index in [1.807, 2.05) is 24.4 Å². The lowest BCUT2D eigenvalue weighted by Gasteiger charge is -2.25. The second-order valence-corrected chi connectivity index (χ2v) is 6.27. The van der Waals surface area contributed by atoms with Crippen LogP contribution >= 0.6 is 11.3 Å². The molecular weight excluding hydrogens is 282 g/mol. The van der Waals surface area contributed by atoms with Crippen LogP contribution in [0.4, 0.5) is 0 Å². The molecule has 1 atom stereocenters. The fraction of sp³-hybridized carbons (Fsp3) is 0.375. The Hall–Kier alpha value is -1.72. The normalized spacial score (nSPS) is 17.3. The number of carbonyl (C=O) groups excluding carboxylic acids is 1. The minimum atomic E-state index is -0.127. The molecule has 1 aliphatic rings. The molecule has 3 rings (SSSR count). The molecule has 1 amide bonds. The fourth-order valence-corrected chi connectivity index (χ4v) is 3.35. The van der Waals surface area contributed by atoms with Crippen molar-refractivity contribution in [2.24, 2.45) is 0 Å². The van der Waals surface area contributed by atoms with E-state index in [4.69, 9.17) is 0 Å². The van der Waals surface area contributed by atoms with E-state index in [2.05, 4.69) is 27.8 Å². The molecule has 21 heavy (non-hydrogen) atoms. The molecule has 2 heterocycles. The summed E-state index contributed by atoms with van der Waals surface area (Å²) in [6.07, 6.45) is 1.56.